The number of aliphatic carboxylic acids is 1. The molecule has 0 unspecified atom stereocenters. The standard InChI is InChI=1S/C12H6O5/c13-5-7-2-1-3-9-12(7)8(4-11(15)16)10(6-14)17-9/h1-3H,4H2,(H,15,16). The summed E-state index contributed by atoms with van der Waals surface area (Å²) >= 11 is 0. The van der Waals surface area contributed by atoms with E-state index in [1.54, 1.807) is 18.1 Å². The number of carbonyl (C=O) groups excluding carboxylic acids is 2. The topological polar surface area (TPSA) is 84.6 Å². The highest BCUT2D eigenvalue weighted by Crippen LogP contribution is 2.12. The van der Waals surface area contributed by atoms with Gasteiger partial charge in [0.05, 0.1) is 11.6 Å². The maximum absolute atomic E-state index is 10.7. The molecule has 2 aromatic rings. The molecule has 5 heteroatoms. The van der Waals surface area contributed by atoms with Crippen LogP contribution in [-0.4, -0.2) is 23.0 Å². The van der Waals surface area contributed by atoms with Crippen LogP contribution in [0.5, 0.6) is 0 Å². The Morgan fingerprint density at radius 1 is 1.29 bits per heavy atom. The Balaban J connectivity index is 3.01. The Morgan fingerprint density at radius 3 is 2.65 bits per heavy atom. The van der Waals surface area contributed by atoms with Crippen molar-refractivity contribution in [3.05, 3.63) is 34.4 Å². The summed E-state index contributed by atoms with van der Waals surface area (Å²) in [6.07, 6.45) is -0.406. The lowest BCUT2D eigenvalue weighted by Crippen LogP contribution is -2.14. The van der Waals surface area contributed by atoms with E-state index in [4.69, 9.17) is 9.52 Å². The van der Waals surface area contributed by atoms with Crippen LogP contribution in [0, 0.1) is 0 Å². The van der Waals surface area contributed by atoms with Crippen LogP contribution in [0.4, 0.5) is 0 Å². The molecule has 0 saturated carbocycles. The van der Waals surface area contributed by atoms with E-state index in [-0.39, 0.29) is 21.8 Å². The van der Waals surface area contributed by atoms with Crippen LogP contribution in [0.1, 0.15) is 5.56 Å². The Bertz CT molecular complexity index is 758. The number of benzene rings is 1. The van der Waals surface area contributed by atoms with Crippen LogP contribution in [0.25, 0.3) is 11.0 Å². The molecule has 2 rings (SSSR count). The maximum Gasteiger partial charge on any atom is 0.308 e. The van der Waals surface area contributed by atoms with Crippen LogP contribution >= 0.6 is 0 Å². The monoisotopic (exact) mass is 230 g/mol. The van der Waals surface area contributed by atoms with Crippen LogP contribution in [0.15, 0.2) is 22.6 Å². The van der Waals surface area contributed by atoms with Crippen LogP contribution in [0.2, 0.25) is 0 Å². The lowest BCUT2D eigenvalue weighted by atomic mass is 10.1. The molecule has 0 aliphatic carbocycles. The average molecular weight is 230 g/mol. The van der Waals surface area contributed by atoms with Crippen molar-refractivity contribution in [2.24, 2.45) is 0 Å². The molecular weight excluding hydrogens is 224 g/mol. The quantitative estimate of drug-likeness (QED) is 0.720. The van der Waals surface area contributed by atoms with Crippen LogP contribution in [-0.2, 0) is 20.8 Å². The second-order valence-corrected chi connectivity index (χ2v) is 3.36. The summed E-state index contributed by atoms with van der Waals surface area (Å²) in [7, 11) is 0. The van der Waals surface area contributed by atoms with Crippen molar-refractivity contribution < 1.29 is 23.9 Å². The van der Waals surface area contributed by atoms with Gasteiger partial charge < -0.3 is 9.52 Å². The molecule has 0 aliphatic heterocycles. The molecule has 0 radical (unpaired) electrons. The highest BCUT2D eigenvalue weighted by molar-refractivity contribution is 5.88. The molecule has 0 spiro atoms. The second-order valence-electron chi connectivity index (χ2n) is 3.36. The number of carboxylic acid groups (broad SMARTS) is 1. The molecule has 1 N–H and O–H groups in total. The number of furan rings is 1. The van der Waals surface area contributed by atoms with E-state index >= 15 is 0 Å². The molecule has 0 atom stereocenters. The zero-order valence-electron chi connectivity index (χ0n) is 8.52. The van der Waals surface area contributed by atoms with E-state index in [1.807, 2.05) is 0 Å². The zero-order chi connectivity index (χ0) is 12.4. The van der Waals surface area contributed by atoms with Crippen LogP contribution in [0.3, 0.4) is 0 Å². The maximum atomic E-state index is 10.7. The number of carboxylic acids is 1. The minimum absolute atomic E-state index is 0.154. The van der Waals surface area contributed by atoms with E-state index < -0.39 is 12.4 Å². The van der Waals surface area contributed by atoms with Gasteiger partial charge in [-0.15, -0.1) is 0 Å². The van der Waals surface area contributed by atoms with E-state index in [0.717, 1.165) is 0 Å². The van der Waals surface area contributed by atoms with Crippen molar-refractivity contribution in [3.63, 3.8) is 0 Å². The molecule has 0 bridgehead atoms. The molecule has 5 nitrogen and oxygen atoms in total. The second kappa shape index (κ2) is 4.10. The lowest BCUT2D eigenvalue weighted by molar-refractivity contribution is -0.136. The van der Waals surface area contributed by atoms with Crippen molar-refractivity contribution in [1.29, 1.82) is 0 Å². The van der Waals surface area contributed by atoms with Gasteiger partial charge in [-0.05, 0) is 12.1 Å². The van der Waals surface area contributed by atoms with E-state index in [2.05, 4.69) is 0 Å². The minimum atomic E-state index is -1.12. The number of hydrogen-bond donors (Lipinski definition) is 1. The van der Waals surface area contributed by atoms with Crippen molar-refractivity contribution >= 4 is 28.8 Å². The van der Waals surface area contributed by atoms with Crippen molar-refractivity contribution in [2.45, 2.75) is 6.42 Å². The van der Waals surface area contributed by atoms with Gasteiger partial charge >= 0.3 is 5.97 Å². The molecule has 1 heterocycles. The molecule has 17 heavy (non-hydrogen) atoms. The molecule has 0 fully saturated rings. The number of carbonyl (C=O) groups is 1. The number of rotatable bonds is 2. The highest BCUT2D eigenvalue weighted by Gasteiger charge is 2.14. The van der Waals surface area contributed by atoms with Gasteiger partial charge in [0.2, 0.25) is 5.42 Å². The fourth-order valence-electron chi connectivity index (χ4n) is 1.70. The molecule has 0 aliphatic rings. The van der Waals surface area contributed by atoms with Gasteiger partial charge in [0.1, 0.15) is 11.5 Å². The van der Waals surface area contributed by atoms with Crippen molar-refractivity contribution in [2.75, 3.05) is 0 Å². The fraction of sp³-hybridized carbons (Fsp3) is 0.0833. The lowest BCUT2D eigenvalue weighted by Gasteiger charge is -1.91. The molecule has 84 valence electrons. The minimum Gasteiger partial charge on any atom is -0.481 e. The first-order valence-corrected chi connectivity index (χ1v) is 4.70. The smallest absolute Gasteiger partial charge is 0.308 e. The first-order valence-electron chi connectivity index (χ1n) is 4.70. The summed E-state index contributed by atoms with van der Waals surface area (Å²) < 4.78 is 5.13. The largest absolute Gasteiger partial charge is 0.481 e. The van der Waals surface area contributed by atoms with Crippen molar-refractivity contribution in [1.82, 2.24) is 0 Å². The number of fused-ring (bicyclic) bond motifs is 1. The van der Waals surface area contributed by atoms with Gasteiger partial charge in [0.15, 0.2) is 5.94 Å². The predicted molar refractivity (Wildman–Crippen MR) is 56.4 cm³/mol. The first kappa shape index (κ1) is 10.9. The van der Waals surface area contributed by atoms with Gasteiger partial charge in [-0.3, -0.25) is 4.79 Å². The Hall–Kier alpha value is -2.61. The van der Waals surface area contributed by atoms with Gasteiger partial charge in [0, 0.05) is 10.9 Å². The average Bonchev–Trinajstić information content (AvgIpc) is 2.66. The van der Waals surface area contributed by atoms with Gasteiger partial charge in [-0.25, -0.2) is 9.59 Å². The third kappa shape index (κ3) is 1.76. The summed E-state index contributed by atoms with van der Waals surface area (Å²) in [5, 5.41) is 9.24. The summed E-state index contributed by atoms with van der Waals surface area (Å²) in [4.78, 5) is 32.1. The molecule has 1 aromatic carbocycles. The normalized spacial score (nSPS) is 9.88. The third-order valence-electron chi connectivity index (χ3n) is 2.34. The molecule has 1 aromatic heterocycles. The fourth-order valence-corrected chi connectivity index (χ4v) is 1.70. The Labute approximate surface area is 94.3 Å². The summed E-state index contributed by atoms with van der Waals surface area (Å²) in [5.41, 5.74) is 0.243. The van der Waals surface area contributed by atoms with Crippen LogP contribution < -0.4 is 10.6 Å². The molecule has 0 saturated heterocycles. The molecule has 0 amide bonds. The van der Waals surface area contributed by atoms with E-state index in [0.29, 0.717) is 5.39 Å². The first-order chi connectivity index (χ1) is 8.17. The summed E-state index contributed by atoms with van der Waals surface area (Å²) in [6, 6.07) is 4.58. The summed E-state index contributed by atoms with van der Waals surface area (Å²) in [5.74, 6) is 2.10. The molecular formula is C12H6O5. The van der Waals surface area contributed by atoms with Crippen molar-refractivity contribution in [3.8, 4) is 0 Å². The Morgan fingerprint density at radius 2 is 2.06 bits per heavy atom. The van der Waals surface area contributed by atoms with E-state index in [9.17, 15) is 14.4 Å². The highest BCUT2D eigenvalue weighted by atomic mass is 16.4. The predicted octanol–water partition coefficient (Wildman–Crippen LogP) is -0.934. The zero-order valence-corrected chi connectivity index (χ0v) is 8.52. The van der Waals surface area contributed by atoms with Gasteiger partial charge in [-0.2, -0.15) is 0 Å². The number of hydrogen-bond acceptors (Lipinski definition) is 4. The third-order valence-corrected chi connectivity index (χ3v) is 2.34. The Kier molecular flexibility index (Phi) is 2.63. The SMILES string of the molecule is O=C=c1oc2cccc(=C=O)c2c1CC(=O)O. The van der Waals surface area contributed by atoms with Gasteiger partial charge in [0.25, 0.3) is 0 Å². The summed E-state index contributed by atoms with van der Waals surface area (Å²) in [6.45, 7) is 0. The van der Waals surface area contributed by atoms with E-state index in [1.165, 1.54) is 12.0 Å². The van der Waals surface area contributed by atoms with Gasteiger partial charge in [-0.1, -0.05) is 6.07 Å².